The van der Waals surface area contributed by atoms with Crippen LogP contribution in [-0.2, 0) is 11.2 Å². The molecule has 1 heterocycles. The summed E-state index contributed by atoms with van der Waals surface area (Å²) < 4.78 is 0. The number of carbonyl (C=O) groups excluding carboxylic acids is 1. The van der Waals surface area contributed by atoms with Crippen molar-refractivity contribution < 1.29 is 4.79 Å². The molecule has 0 saturated carbocycles. The second kappa shape index (κ2) is 6.20. The molecule has 1 atom stereocenters. The maximum absolute atomic E-state index is 11.8. The maximum Gasteiger partial charge on any atom is 0.237 e. The van der Waals surface area contributed by atoms with E-state index in [1.807, 2.05) is 30.5 Å². The van der Waals surface area contributed by atoms with Gasteiger partial charge in [-0.25, -0.2) is 0 Å². The zero-order valence-corrected chi connectivity index (χ0v) is 10.9. The summed E-state index contributed by atoms with van der Waals surface area (Å²) in [5.74, 6) is -0.118. The van der Waals surface area contributed by atoms with E-state index in [1.165, 1.54) is 0 Å². The number of H-pyrrole nitrogens is 1. The van der Waals surface area contributed by atoms with Gasteiger partial charge in [-0.1, -0.05) is 24.3 Å². The number of fused-ring (bicyclic) bond motifs is 1. The van der Waals surface area contributed by atoms with Gasteiger partial charge in [-0.3, -0.25) is 4.79 Å². The molecule has 0 spiro atoms. The minimum Gasteiger partial charge on any atom is -0.361 e. The molecule has 0 unspecified atom stereocenters. The smallest absolute Gasteiger partial charge is 0.237 e. The molecule has 2 rings (SSSR count). The van der Waals surface area contributed by atoms with E-state index in [9.17, 15) is 4.79 Å². The average molecular weight is 257 g/mol. The Morgan fingerprint density at radius 1 is 1.47 bits per heavy atom. The third-order valence-corrected chi connectivity index (χ3v) is 3.10. The van der Waals surface area contributed by atoms with Crippen LogP contribution in [0.5, 0.6) is 0 Å². The van der Waals surface area contributed by atoms with Crippen molar-refractivity contribution >= 4 is 16.8 Å². The fourth-order valence-corrected chi connectivity index (χ4v) is 2.06. The number of amides is 1. The topological polar surface area (TPSA) is 70.9 Å². The number of para-hydroxylation sites is 1. The molecule has 0 saturated heterocycles. The first kappa shape index (κ1) is 13.4. The van der Waals surface area contributed by atoms with Crippen molar-refractivity contribution in [1.82, 2.24) is 10.3 Å². The van der Waals surface area contributed by atoms with E-state index in [1.54, 1.807) is 6.08 Å². The van der Waals surface area contributed by atoms with E-state index in [-0.39, 0.29) is 5.91 Å². The first-order valence-electron chi connectivity index (χ1n) is 6.41. The molecule has 1 aromatic carbocycles. The van der Waals surface area contributed by atoms with Gasteiger partial charge in [0, 0.05) is 23.6 Å². The molecule has 0 radical (unpaired) electrons. The second-order valence-corrected chi connectivity index (χ2v) is 4.54. The lowest BCUT2D eigenvalue weighted by Gasteiger charge is -2.11. The average Bonchev–Trinajstić information content (AvgIpc) is 2.82. The van der Waals surface area contributed by atoms with Crippen LogP contribution in [0.2, 0.25) is 0 Å². The quantitative estimate of drug-likeness (QED) is 0.545. The van der Waals surface area contributed by atoms with Gasteiger partial charge in [0.15, 0.2) is 0 Å². The Balaban J connectivity index is 2.00. The summed E-state index contributed by atoms with van der Waals surface area (Å²) in [5.41, 5.74) is 8.07. The maximum atomic E-state index is 11.8. The highest BCUT2D eigenvalue weighted by molar-refractivity contribution is 5.86. The van der Waals surface area contributed by atoms with Crippen molar-refractivity contribution in [3.8, 4) is 0 Å². The molecule has 2 aromatic rings. The van der Waals surface area contributed by atoms with Gasteiger partial charge < -0.3 is 16.0 Å². The SMILES string of the molecule is C=CCCNC(=O)[C@@H](N)Cc1c[nH]c2ccccc12. The van der Waals surface area contributed by atoms with Crippen molar-refractivity contribution in [3.63, 3.8) is 0 Å². The van der Waals surface area contributed by atoms with Crippen LogP contribution in [0.1, 0.15) is 12.0 Å². The lowest BCUT2D eigenvalue weighted by molar-refractivity contribution is -0.122. The monoisotopic (exact) mass is 257 g/mol. The van der Waals surface area contributed by atoms with Gasteiger partial charge in [0.2, 0.25) is 5.91 Å². The third-order valence-electron chi connectivity index (χ3n) is 3.10. The summed E-state index contributed by atoms with van der Waals surface area (Å²) in [6, 6.07) is 7.47. The van der Waals surface area contributed by atoms with E-state index in [0.717, 1.165) is 22.9 Å². The van der Waals surface area contributed by atoms with Gasteiger partial charge in [-0.05, 0) is 24.5 Å². The van der Waals surface area contributed by atoms with Crippen molar-refractivity contribution in [2.24, 2.45) is 5.73 Å². The van der Waals surface area contributed by atoms with Crippen LogP contribution >= 0.6 is 0 Å². The minimum absolute atomic E-state index is 0.118. The summed E-state index contributed by atoms with van der Waals surface area (Å²) in [4.78, 5) is 15.0. The van der Waals surface area contributed by atoms with E-state index in [2.05, 4.69) is 16.9 Å². The fraction of sp³-hybridized carbons (Fsp3) is 0.267. The zero-order valence-electron chi connectivity index (χ0n) is 10.9. The second-order valence-electron chi connectivity index (χ2n) is 4.54. The van der Waals surface area contributed by atoms with Crippen molar-refractivity contribution in [1.29, 1.82) is 0 Å². The van der Waals surface area contributed by atoms with Gasteiger partial charge in [-0.2, -0.15) is 0 Å². The lowest BCUT2D eigenvalue weighted by atomic mass is 10.1. The molecule has 0 fully saturated rings. The number of rotatable bonds is 6. The Morgan fingerprint density at radius 2 is 2.26 bits per heavy atom. The zero-order chi connectivity index (χ0) is 13.7. The summed E-state index contributed by atoms with van der Waals surface area (Å²) in [6.45, 7) is 4.20. The molecule has 0 aliphatic rings. The number of benzene rings is 1. The van der Waals surface area contributed by atoms with Gasteiger partial charge >= 0.3 is 0 Å². The van der Waals surface area contributed by atoms with Crippen LogP contribution in [-0.4, -0.2) is 23.5 Å². The highest BCUT2D eigenvalue weighted by Gasteiger charge is 2.15. The molecule has 4 nitrogen and oxygen atoms in total. The van der Waals surface area contributed by atoms with Gasteiger partial charge in [0.1, 0.15) is 0 Å². The number of aromatic nitrogens is 1. The van der Waals surface area contributed by atoms with Crippen molar-refractivity contribution in [2.75, 3.05) is 6.54 Å². The standard InChI is InChI=1S/C15H19N3O/c1-2-3-8-17-15(19)13(16)9-11-10-18-14-7-5-4-6-12(11)14/h2,4-7,10,13,18H,1,3,8-9,16H2,(H,17,19)/t13-/m0/s1. The number of hydrogen-bond donors (Lipinski definition) is 3. The van der Waals surface area contributed by atoms with E-state index in [0.29, 0.717) is 13.0 Å². The van der Waals surface area contributed by atoms with Crippen LogP contribution in [0.15, 0.2) is 43.1 Å². The predicted molar refractivity (Wildman–Crippen MR) is 77.8 cm³/mol. The normalized spacial score (nSPS) is 12.3. The summed E-state index contributed by atoms with van der Waals surface area (Å²) in [6.07, 6.45) is 4.97. The highest BCUT2D eigenvalue weighted by Crippen LogP contribution is 2.18. The number of hydrogen-bond acceptors (Lipinski definition) is 2. The molecule has 19 heavy (non-hydrogen) atoms. The largest absolute Gasteiger partial charge is 0.361 e. The number of nitrogens with one attached hydrogen (secondary N) is 2. The number of nitrogens with two attached hydrogens (primary N) is 1. The minimum atomic E-state index is -0.524. The Bertz CT molecular complexity index is 574. The molecule has 4 heteroatoms. The molecule has 1 aromatic heterocycles. The van der Waals surface area contributed by atoms with Crippen LogP contribution < -0.4 is 11.1 Å². The molecule has 4 N–H and O–H groups in total. The lowest BCUT2D eigenvalue weighted by Crippen LogP contribution is -2.42. The third kappa shape index (κ3) is 3.23. The van der Waals surface area contributed by atoms with Crippen LogP contribution in [0, 0.1) is 0 Å². The molecule has 0 bridgehead atoms. The van der Waals surface area contributed by atoms with Gasteiger partial charge in [0.25, 0.3) is 0 Å². The predicted octanol–water partition coefficient (Wildman–Crippen LogP) is 1.73. The molecule has 100 valence electrons. The van der Waals surface area contributed by atoms with E-state index in [4.69, 9.17) is 5.73 Å². The Morgan fingerprint density at radius 3 is 3.05 bits per heavy atom. The van der Waals surface area contributed by atoms with Crippen LogP contribution in [0.25, 0.3) is 10.9 Å². The Labute approximate surface area is 112 Å². The summed E-state index contributed by atoms with van der Waals surface area (Å²) >= 11 is 0. The molecule has 0 aliphatic carbocycles. The molecule has 1 amide bonds. The van der Waals surface area contributed by atoms with Gasteiger partial charge in [-0.15, -0.1) is 6.58 Å². The van der Waals surface area contributed by atoms with Crippen molar-refractivity contribution in [3.05, 3.63) is 48.7 Å². The highest BCUT2D eigenvalue weighted by atomic mass is 16.2. The molecular weight excluding hydrogens is 238 g/mol. The van der Waals surface area contributed by atoms with E-state index < -0.39 is 6.04 Å². The van der Waals surface area contributed by atoms with Gasteiger partial charge in [0.05, 0.1) is 6.04 Å². The summed E-state index contributed by atoms with van der Waals surface area (Å²) in [7, 11) is 0. The van der Waals surface area contributed by atoms with E-state index >= 15 is 0 Å². The Kier molecular flexibility index (Phi) is 4.36. The van der Waals surface area contributed by atoms with Crippen molar-refractivity contribution in [2.45, 2.75) is 18.9 Å². The van der Waals surface area contributed by atoms with Crippen LogP contribution in [0.3, 0.4) is 0 Å². The number of carbonyl (C=O) groups is 1. The fourth-order valence-electron chi connectivity index (χ4n) is 2.06. The molecular formula is C15H19N3O. The number of aromatic amines is 1. The molecule has 0 aliphatic heterocycles. The Hall–Kier alpha value is -2.07. The first-order valence-corrected chi connectivity index (χ1v) is 6.41. The van der Waals surface area contributed by atoms with Crippen LogP contribution in [0.4, 0.5) is 0 Å². The summed E-state index contributed by atoms with van der Waals surface area (Å²) in [5, 5.41) is 3.92. The first-order chi connectivity index (χ1) is 9.22.